The minimum atomic E-state index is 0. The number of anilines is 1. The minimum absolute atomic E-state index is 0. The first kappa shape index (κ1) is 23.8. The predicted octanol–water partition coefficient (Wildman–Crippen LogP) is 4.35. The van der Waals surface area contributed by atoms with E-state index in [1.807, 2.05) is 17.7 Å². The highest BCUT2D eigenvalue weighted by Crippen LogP contribution is 2.18. The number of aryl methyl sites for hydroxylation is 2. The second-order valence-electron chi connectivity index (χ2n) is 7.79. The first-order valence-corrected chi connectivity index (χ1v) is 10.7. The monoisotopic (exact) mass is 542 g/mol. The maximum absolute atomic E-state index is 4.64. The van der Waals surface area contributed by atoms with Crippen LogP contribution in [0, 0.1) is 13.8 Å². The lowest BCUT2D eigenvalue weighted by Crippen LogP contribution is -2.36. The zero-order valence-electron chi connectivity index (χ0n) is 18.9. The number of nitrogens with zero attached hydrogens (tertiary/aromatic N) is 4. The van der Waals surface area contributed by atoms with Gasteiger partial charge >= 0.3 is 0 Å². The SMILES string of the molecule is CN=C(NCc1ccc(N2CC=CC2)cc1)NCc1ccccc1-n1nc(C)cc1C.I. The van der Waals surface area contributed by atoms with E-state index in [-0.39, 0.29) is 24.0 Å². The summed E-state index contributed by atoms with van der Waals surface area (Å²) in [5.41, 5.74) is 6.88. The second-order valence-corrected chi connectivity index (χ2v) is 7.79. The van der Waals surface area contributed by atoms with Gasteiger partial charge < -0.3 is 15.5 Å². The van der Waals surface area contributed by atoms with Crippen LogP contribution >= 0.6 is 24.0 Å². The summed E-state index contributed by atoms with van der Waals surface area (Å²) >= 11 is 0. The Morgan fingerprint density at radius 2 is 1.66 bits per heavy atom. The first-order valence-electron chi connectivity index (χ1n) is 10.7. The molecule has 0 radical (unpaired) electrons. The fraction of sp³-hybridized carbons (Fsp3) is 0.280. The number of rotatable bonds is 6. The van der Waals surface area contributed by atoms with Crippen molar-refractivity contribution in [2.75, 3.05) is 25.0 Å². The summed E-state index contributed by atoms with van der Waals surface area (Å²) in [6, 6.07) is 19.1. The average Bonchev–Trinajstić information content (AvgIpc) is 3.44. The Morgan fingerprint density at radius 1 is 0.969 bits per heavy atom. The zero-order valence-corrected chi connectivity index (χ0v) is 21.2. The number of hydrogen-bond acceptors (Lipinski definition) is 3. The molecular weight excluding hydrogens is 511 g/mol. The highest BCUT2D eigenvalue weighted by atomic mass is 127. The molecule has 1 aliphatic rings. The van der Waals surface area contributed by atoms with Gasteiger partial charge in [-0.05, 0) is 49.2 Å². The summed E-state index contributed by atoms with van der Waals surface area (Å²) in [7, 11) is 1.80. The molecule has 32 heavy (non-hydrogen) atoms. The molecule has 2 heterocycles. The average molecular weight is 542 g/mol. The Labute approximate surface area is 207 Å². The van der Waals surface area contributed by atoms with E-state index in [4.69, 9.17) is 0 Å². The Kier molecular flexibility index (Phi) is 8.33. The van der Waals surface area contributed by atoms with Gasteiger partial charge in [-0.1, -0.05) is 42.5 Å². The highest BCUT2D eigenvalue weighted by Gasteiger charge is 2.10. The fourth-order valence-corrected chi connectivity index (χ4v) is 3.84. The smallest absolute Gasteiger partial charge is 0.191 e. The molecule has 0 saturated heterocycles. The molecule has 0 unspecified atom stereocenters. The highest BCUT2D eigenvalue weighted by molar-refractivity contribution is 14.0. The Balaban J connectivity index is 0.00000289. The van der Waals surface area contributed by atoms with Crippen molar-refractivity contribution in [3.8, 4) is 5.69 Å². The van der Waals surface area contributed by atoms with Crippen molar-refractivity contribution in [2.24, 2.45) is 4.99 Å². The van der Waals surface area contributed by atoms with Crippen LogP contribution in [0.25, 0.3) is 5.69 Å². The van der Waals surface area contributed by atoms with Gasteiger partial charge in [0.2, 0.25) is 0 Å². The number of nitrogens with one attached hydrogen (secondary N) is 2. The molecule has 1 aliphatic heterocycles. The summed E-state index contributed by atoms with van der Waals surface area (Å²) < 4.78 is 2.00. The third-order valence-corrected chi connectivity index (χ3v) is 5.48. The molecule has 168 valence electrons. The molecule has 0 bridgehead atoms. The van der Waals surface area contributed by atoms with Gasteiger partial charge in [0.05, 0.1) is 11.4 Å². The molecule has 0 atom stereocenters. The van der Waals surface area contributed by atoms with Gasteiger partial charge in [0.25, 0.3) is 0 Å². The second kappa shape index (κ2) is 11.2. The fourth-order valence-electron chi connectivity index (χ4n) is 3.84. The van der Waals surface area contributed by atoms with E-state index in [9.17, 15) is 0 Å². The lowest BCUT2D eigenvalue weighted by Gasteiger charge is -2.18. The standard InChI is InChI=1S/C25H30N6.HI/c1-19-16-20(2)31(29-19)24-9-5-4-8-22(24)18-28-25(26-3)27-17-21-10-12-23(13-11-21)30-14-6-7-15-30;/h4-13,16H,14-15,17-18H2,1-3H3,(H2,26,27,28);1H. The summed E-state index contributed by atoms with van der Waals surface area (Å²) in [6.45, 7) is 7.47. The van der Waals surface area contributed by atoms with Crippen LogP contribution in [0.15, 0.2) is 71.7 Å². The van der Waals surface area contributed by atoms with Crippen molar-refractivity contribution in [1.82, 2.24) is 20.4 Å². The van der Waals surface area contributed by atoms with Crippen LogP contribution in [0.4, 0.5) is 5.69 Å². The van der Waals surface area contributed by atoms with E-state index in [2.05, 4.69) is 93.2 Å². The minimum Gasteiger partial charge on any atom is -0.364 e. The topological polar surface area (TPSA) is 57.5 Å². The zero-order chi connectivity index (χ0) is 21.6. The molecule has 7 heteroatoms. The third kappa shape index (κ3) is 5.70. The normalized spacial score (nSPS) is 13.2. The molecule has 3 aromatic rings. The summed E-state index contributed by atoms with van der Waals surface area (Å²) in [6.07, 6.45) is 4.41. The van der Waals surface area contributed by atoms with Gasteiger partial charge in [-0.15, -0.1) is 24.0 Å². The molecule has 0 amide bonds. The van der Waals surface area contributed by atoms with Crippen molar-refractivity contribution >= 4 is 35.6 Å². The molecule has 1 aromatic heterocycles. The van der Waals surface area contributed by atoms with E-state index in [0.717, 1.165) is 42.7 Å². The molecule has 0 aliphatic carbocycles. The van der Waals surface area contributed by atoms with Crippen LogP contribution in [0.1, 0.15) is 22.5 Å². The van der Waals surface area contributed by atoms with Crippen molar-refractivity contribution in [2.45, 2.75) is 26.9 Å². The van der Waals surface area contributed by atoms with Gasteiger partial charge in [-0.2, -0.15) is 5.10 Å². The van der Waals surface area contributed by atoms with E-state index in [0.29, 0.717) is 6.54 Å². The van der Waals surface area contributed by atoms with E-state index >= 15 is 0 Å². The summed E-state index contributed by atoms with van der Waals surface area (Å²) in [4.78, 5) is 6.72. The Hall–Kier alpha value is -2.81. The van der Waals surface area contributed by atoms with Crippen molar-refractivity contribution < 1.29 is 0 Å². The van der Waals surface area contributed by atoms with Crippen LogP contribution in [0.5, 0.6) is 0 Å². The molecular formula is C25H31IN6. The maximum atomic E-state index is 4.64. The van der Waals surface area contributed by atoms with Gasteiger partial charge in [0, 0.05) is 44.6 Å². The van der Waals surface area contributed by atoms with Crippen LogP contribution in [0.2, 0.25) is 0 Å². The van der Waals surface area contributed by atoms with Crippen LogP contribution in [-0.2, 0) is 13.1 Å². The van der Waals surface area contributed by atoms with Crippen molar-refractivity contribution in [1.29, 1.82) is 0 Å². The quantitative estimate of drug-likeness (QED) is 0.211. The van der Waals surface area contributed by atoms with Gasteiger partial charge in [0.1, 0.15) is 0 Å². The molecule has 0 spiro atoms. The molecule has 6 nitrogen and oxygen atoms in total. The number of halogens is 1. The van der Waals surface area contributed by atoms with Gasteiger partial charge in [-0.3, -0.25) is 4.99 Å². The molecule has 2 N–H and O–H groups in total. The summed E-state index contributed by atoms with van der Waals surface area (Å²) in [5, 5.41) is 11.5. The largest absolute Gasteiger partial charge is 0.364 e. The van der Waals surface area contributed by atoms with Crippen LogP contribution < -0.4 is 15.5 Å². The maximum Gasteiger partial charge on any atom is 0.191 e. The van der Waals surface area contributed by atoms with E-state index < -0.39 is 0 Å². The van der Waals surface area contributed by atoms with Gasteiger partial charge in [0.15, 0.2) is 5.96 Å². The van der Waals surface area contributed by atoms with E-state index in [1.54, 1.807) is 7.05 Å². The van der Waals surface area contributed by atoms with Crippen LogP contribution in [-0.4, -0.2) is 35.9 Å². The molecule has 2 aromatic carbocycles. The van der Waals surface area contributed by atoms with Crippen molar-refractivity contribution in [3.63, 3.8) is 0 Å². The predicted molar refractivity (Wildman–Crippen MR) is 143 cm³/mol. The number of hydrogen-bond donors (Lipinski definition) is 2. The number of aromatic nitrogens is 2. The van der Waals surface area contributed by atoms with Crippen molar-refractivity contribution in [3.05, 3.63) is 89.3 Å². The number of para-hydroxylation sites is 1. The number of guanidine groups is 1. The van der Waals surface area contributed by atoms with E-state index in [1.165, 1.54) is 16.8 Å². The molecule has 4 rings (SSSR count). The van der Waals surface area contributed by atoms with Crippen LogP contribution in [0.3, 0.4) is 0 Å². The Bertz CT molecular complexity index is 1080. The number of benzene rings is 2. The first-order chi connectivity index (χ1) is 15.1. The van der Waals surface area contributed by atoms with Gasteiger partial charge in [-0.25, -0.2) is 4.68 Å². The lowest BCUT2D eigenvalue weighted by atomic mass is 10.1. The molecule has 0 saturated carbocycles. The lowest BCUT2D eigenvalue weighted by molar-refractivity contribution is 0.781. The molecule has 0 fully saturated rings. The summed E-state index contributed by atoms with van der Waals surface area (Å²) in [5.74, 6) is 0.774. The Morgan fingerprint density at radius 3 is 2.31 bits per heavy atom. The third-order valence-electron chi connectivity index (χ3n) is 5.48. The number of aliphatic imine (C=N–C) groups is 1.